The molecule has 2 heteroatoms. The van der Waals surface area contributed by atoms with Crippen molar-refractivity contribution >= 4 is 70.1 Å². The largest absolute Gasteiger partial charge is 0.310 e. The molecular formula is C53H37NS. The van der Waals surface area contributed by atoms with Gasteiger partial charge in [-0.15, -0.1) is 11.3 Å². The van der Waals surface area contributed by atoms with E-state index < -0.39 is 0 Å². The molecule has 0 saturated heterocycles. The number of thiophene rings is 1. The Hall–Kier alpha value is -6.48. The second kappa shape index (κ2) is 12.3. The van der Waals surface area contributed by atoms with Gasteiger partial charge in [-0.2, -0.15) is 0 Å². The van der Waals surface area contributed by atoms with Crippen molar-refractivity contribution in [3.8, 4) is 33.4 Å². The van der Waals surface area contributed by atoms with Crippen LogP contribution in [0.3, 0.4) is 0 Å². The summed E-state index contributed by atoms with van der Waals surface area (Å²) in [6.07, 6.45) is 0. The molecule has 1 aromatic heterocycles. The number of benzene rings is 9. The Morgan fingerprint density at radius 1 is 0.418 bits per heavy atom. The van der Waals surface area contributed by atoms with E-state index in [1.54, 1.807) is 0 Å². The van der Waals surface area contributed by atoms with Crippen LogP contribution < -0.4 is 4.90 Å². The Morgan fingerprint density at radius 2 is 1.00 bits per heavy atom. The predicted molar refractivity (Wildman–Crippen MR) is 237 cm³/mol. The summed E-state index contributed by atoms with van der Waals surface area (Å²) in [5, 5.41) is 7.82. The van der Waals surface area contributed by atoms with Crippen molar-refractivity contribution in [2.45, 2.75) is 19.3 Å². The van der Waals surface area contributed by atoms with Crippen LogP contribution in [0.1, 0.15) is 25.0 Å². The molecule has 1 aliphatic carbocycles. The van der Waals surface area contributed by atoms with Gasteiger partial charge in [-0.05, 0) is 109 Å². The quantitative estimate of drug-likeness (QED) is 0.171. The van der Waals surface area contributed by atoms with Crippen LogP contribution >= 0.6 is 11.3 Å². The highest BCUT2D eigenvalue weighted by atomic mass is 32.1. The van der Waals surface area contributed by atoms with Gasteiger partial charge in [0.1, 0.15) is 0 Å². The molecule has 1 aliphatic rings. The number of nitrogens with zero attached hydrogens (tertiary/aromatic N) is 1. The molecule has 0 saturated carbocycles. The average Bonchev–Trinajstić information content (AvgIpc) is 3.73. The summed E-state index contributed by atoms with van der Waals surface area (Å²) in [7, 11) is 0. The molecular weight excluding hydrogens is 683 g/mol. The maximum atomic E-state index is 2.45. The van der Waals surface area contributed by atoms with Crippen LogP contribution in [0.2, 0.25) is 0 Å². The summed E-state index contributed by atoms with van der Waals surface area (Å²) in [4.78, 5) is 2.45. The molecule has 260 valence electrons. The first-order chi connectivity index (χ1) is 27.0. The van der Waals surface area contributed by atoms with Gasteiger partial charge in [-0.1, -0.05) is 153 Å². The van der Waals surface area contributed by atoms with Gasteiger partial charge >= 0.3 is 0 Å². The van der Waals surface area contributed by atoms with Crippen molar-refractivity contribution in [3.63, 3.8) is 0 Å². The number of anilines is 3. The molecule has 9 aromatic carbocycles. The molecule has 0 radical (unpaired) electrons. The van der Waals surface area contributed by atoms with Crippen molar-refractivity contribution in [2.24, 2.45) is 0 Å². The minimum absolute atomic E-state index is 0.0918. The molecule has 0 atom stereocenters. The highest BCUT2D eigenvalue weighted by molar-refractivity contribution is 7.26. The van der Waals surface area contributed by atoms with E-state index in [2.05, 4.69) is 207 Å². The molecule has 0 fully saturated rings. The van der Waals surface area contributed by atoms with E-state index in [0.717, 1.165) is 11.4 Å². The van der Waals surface area contributed by atoms with Gasteiger partial charge in [-0.3, -0.25) is 0 Å². The molecule has 1 heterocycles. The van der Waals surface area contributed by atoms with Gasteiger partial charge in [0.05, 0.1) is 5.69 Å². The zero-order valence-electron chi connectivity index (χ0n) is 30.8. The number of fused-ring (bicyclic) bond motifs is 9. The summed E-state index contributed by atoms with van der Waals surface area (Å²) in [6, 6.07) is 69.6. The summed E-state index contributed by atoms with van der Waals surface area (Å²) >= 11 is 1.88. The van der Waals surface area contributed by atoms with E-state index >= 15 is 0 Å². The highest BCUT2D eigenvalue weighted by Crippen LogP contribution is 2.54. The lowest BCUT2D eigenvalue weighted by atomic mass is 9.82. The first-order valence-electron chi connectivity index (χ1n) is 19.1. The molecule has 10 aromatic rings. The summed E-state index contributed by atoms with van der Waals surface area (Å²) in [6.45, 7) is 4.71. The van der Waals surface area contributed by atoms with E-state index in [1.165, 1.54) is 91.9 Å². The molecule has 11 rings (SSSR count). The van der Waals surface area contributed by atoms with Crippen molar-refractivity contribution < 1.29 is 0 Å². The van der Waals surface area contributed by atoms with Gasteiger partial charge in [0.25, 0.3) is 0 Å². The zero-order chi connectivity index (χ0) is 36.7. The first kappa shape index (κ1) is 32.0. The lowest BCUT2D eigenvalue weighted by Crippen LogP contribution is -2.16. The number of hydrogen-bond acceptors (Lipinski definition) is 2. The van der Waals surface area contributed by atoms with Crippen molar-refractivity contribution in [3.05, 3.63) is 199 Å². The second-order valence-corrected chi connectivity index (χ2v) is 16.4. The van der Waals surface area contributed by atoms with Crippen LogP contribution in [0.25, 0.3) is 75.1 Å². The van der Waals surface area contributed by atoms with Gasteiger partial charge in [-0.25, -0.2) is 0 Å². The van der Waals surface area contributed by atoms with Crippen molar-refractivity contribution in [2.75, 3.05) is 4.90 Å². The minimum atomic E-state index is -0.0918. The lowest BCUT2D eigenvalue weighted by Gasteiger charge is -2.29. The molecule has 0 amide bonds. The SMILES string of the molecule is CC1(C)c2ccccc2-c2c(N(c3ccc(-c4ccc5sc6ccc7ccccc7c6c5c4)cc3)c3ccc(-c4cccc5ccccc45)cc3)cccc21. The second-order valence-electron chi connectivity index (χ2n) is 15.3. The van der Waals surface area contributed by atoms with Crippen LogP contribution in [0.4, 0.5) is 17.1 Å². The topological polar surface area (TPSA) is 3.24 Å². The Morgan fingerprint density at radius 3 is 1.80 bits per heavy atom. The summed E-state index contributed by atoms with van der Waals surface area (Å²) in [5.74, 6) is 0. The monoisotopic (exact) mass is 719 g/mol. The minimum Gasteiger partial charge on any atom is -0.310 e. The van der Waals surface area contributed by atoms with E-state index in [9.17, 15) is 0 Å². The maximum absolute atomic E-state index is 2.45. The molecule has 0 unspecified atom stereocenters. The molecule has 1 nitrogen and oxygen atoms in total. The highest BCUT2D eigenvalue weighted by Gasteiger charge is 2.37. The molecule has 55 heavy (non-hydrogen) atoms. The summed E-state index contributed by atoms with van der Waals surface area (Å²) in [5.41, 5.74) is 13.6. The van der Waals surface area contributed by atoms with E-state index in [-0.39, 0.29) is 5.41 Å². The smallest absolute Gasteiger partial charge is 0.0543 e. The van der Waals surface area contributed by atoms with Crippen LogP contribution in [0.15, 0.2) is 188 Å². The maximum Gasteiger partial charge on any atom is 0.0543 e. The van der Waals surface area contributed by atoms with Crippen LogP contribution in [0.5, 0.6) is 0 Å². The van der Waals surface area contributed by atoms with E-state index in [4.69, 9.17) is 0 Å². The fourth-order valence-electron chi connectivity index (χ4n) is 9.15. The molecule has 0 aliphatic heterocycles. The fourth-order valence-corrected chi connectivity index (χ4v) is 10.2. The Bertz CT molecular complexity index is 3110. The summed E-state index contributed by atoms with van der Waals surface area (Å²) < 4.78 is 2.66. The molecule has 0 spiro atoms. The van der Waals surface area contributed by atoms with Gasteiger partial charge in [0.2, 0.25) is 0 Å². The Labute approximate surface area is 325 Å². The van der Waals surface area contributed by atoms with Gasteiger partial charge in [0.15, 0.2) is 0 Å². The Balaban J connectivity index is 1.05. The van der Waals surface area contributed by atoms with Crippen molar-refractivity contribution in [1.29, 1.82) is 0 Å². The third kappa shape index (κ3) is 4.99. The molecule has 0 N–H and O–H groups in total. The van der Waals surface area contributed by atoms with E-state index in [1.807, 2.05) is 11.3 Å². The standard InChI is InChI=1S/C53H37NS/c1-53(2)46-18-8-7-16-44(46)52-47(53)19-10-20-48(52)54(40-29-23-37(24-30-40)42-17-9-13-35-11-3-5-14-41(35)42)39-27-21-34(22-28-39)38-26-31-49-45(33-38)51-43-15-6-4-12-36(43)25-32-50(51)55-49/h3-33H,1-2H3. The third-order valence-electron chi connectivity index (χ3n) is 11.9. The van der Waals surface area contributed by atoms with Gasteiger partial charge in [0, 0.05) is 42.5 Å². The first-order valence-corrected chi connectivity index (χ1v) is 19.9. The lowest BCUT2D eigenvalue weighted by molar-refractivity contribution is 0.660. The normalized spacial score (nSPS) is 13.1. The zero-order valence-corrected chi connectivity index (χ0v) is 31.6. The van der Waals surface area contributed by atoms with E-state index in [0.29, 0.717) is 0 Å². The van der Waals surface area contributed by atoms with Crippen LogP contribution in [0, 0.1) is 0 Å². The van der Waals surface area contributed by atoms with Crippen LogP contribution in [-0.4, -0.2) is 0 Å². The number of rotatable bonds is 5. The van der Waals surface area contributed by atoms with Crippen LogP contribution in [-0.2, 0) is 5.41 Å². The Kier molecular flexibility index (Phi) is 7.14. The third-order valence-corrected chi connectivity index (χ3v) is 13.0. The van der Waals surface area contributed by atoms with Crippen molar-refractivity contribution in [1.82, 2.24) is 0 Å². The average molecular weight is 720 g/mol. The fraction of sp³-hybridized carbons (Fsp3) is 0.0566. The van der Waals surface area contributed by atoms with Gasteiger partial charge < -0.3 is 4.90 Å². The predicted octanol–water partition coefficient (Wildman–Crippen LogP) is 15.5. The number of hydrogen-bond donors (Lipinski definition) is 0. The molecule has 0 bridgehead atoms.